The van der Waals surface area contributed by atoms with Crippen LogP contribution in [0.25, 0.3) is 0 Å². The van der Waals surface area contributed by atoms with Crippen molar-refractivity contribution in [2.24, 2.45) is 0 Å². The Morgan fingerprint density at radius 3 is 2.03 bits per heavy atom. The normalized spacial score (nSPS) is 10.2. The van der Waals surface area contributed by atoms with E-state index in [-0.39, 0.29) is 16.9 Å². The average Bonchev–Trinajstić information content (AvgIpc) is 2.70. The average molecular weight is 404 g/mol. The van der Waals surface area contributed by atoms with Crippen LogP contribution < -0.4 is 24.3 Å². The van der Waals surface area contributed by atoms with Crippen LogP contribution in [0.4, 0.5) is 11.4 Å². The van der Waals surface area contributed by atoms with Gasteiger partial charge in [-0.05, 0) is 39.0 Å². The van der Waals surface area contributed by atoms with E-state index in [1.807, 2.05) is 20.8 Å². The predicted molar refractivity (Wildman–Crippen MR) is 108 cm³/mol. The van der Waals surface area contributed by atoms with Crippen molar-refractivity contribution in [3.63, 3.8) is 0 Å². The summed E-state index contributed by atoms with van der Waals surface area (Å²) in [7, 11) is 1.41. The Morgan fingerprint density at radius 2 is 1.55 bits per heavy atom. The molecule has 0 saturated carbocycles. The lowest BCUT2D eigenvalue weighted by molar-refractivity contribution is -0.384. The van der Waals surface area contributed by atoms with Crippen LogP contribution in [0.3, 0.4) is 0 Å². The largest absolute Gasteiger partial charge is 0.495 e. The number of nitrogens with zero attached hydrogens (tertiary/aromatic N) is 1. The zero-order valence-electron chi connectivity index (χ0n) is 16.8. The molecule has 0 aromatic heterocycles. The molecule has 1 amide bonds. The number of nitrogens with one attached hydrogen (secondary N) is 1. The standard InChI is InChI=1S/C20H24N2O7/c1-5-27-17-10-13(11-18(28-6-2)19(17)29-7-3)20(23)21-15-12-14(22(24)25)8-9-16(15)26-4/h8-12H,5-7H2,1-4H3,(H,21,23). The lowest BCUT2D eigenvalue weighted by Gasteiger charge is -2.17. The third-order valence-electron chi connectivity index (χ3n) is 3.81. The van der Waals surface area contributed by atoms with Crippen molar-refractivity contribution in [1.29, 1.82) is 0 Å². The molecule has 2 aromatic carbocycles. The Labute approximate surface area is 168 Å². The minimum atomic E-state index is -0.549. The number of carbonyl (C=O) groups is 1. The summed E-state index contributed by atoms with van der Waals surface area (Å²) >= 11 is 0. The van der Waals surface area contributed by atoms with E-state index >= 15 is 0 Å². The number of nitro groups is 1. The minimum absolute atomic E-state index is 0.169. The van der Waals surface area contributed by atoms with Gasteiger partial charge in [-0.1, -0.05) is 0 Å². The number of anilines is 1. The highest BCUT2D eigenvalue weighted by molar-refractivity contribution is 6.06. The van der Waals surface area contributed by atoms with Crippen LogP contribution in [0.15, 0.2) is 30.3 Å². The van der Waals surface area contributed by atoms with Gasteiger partial charge in [-0.25, -0.2) is 0 Å². The Balaban J connectivity index is 2.44. The molecule has 0 saturated heterocycles. The number of carbonyl (C=O) groups excluding carboxylic acids is 1. The van der Waals surface area contributed by atoms with Crippen LogP contribution in [0, 0.1) is 10.1 Å². The van der Waals surface area contributed by atoms with Gasteiger partial charge >= 0.3 is 0 Å². The molecule has 0 heterocycles. The summed E-state index contributed by atoms with van der Waals surface area (Å²) in [6.45, 7) is 6.61. The third-order valence-corrected chi connectivity index (χ3v) is 3.81. The monoisotopic (exact) mass is 404 g/mol. The van der Waals surface area contributed by atoms with Crippen LogP contribution in [0.1, 0.15) is 31.1 Å². The highest BCUT2D eigenvalue weighted by atomic mass is 16.6. The Hall–Kier alpha value is -3.49. The number of amides is 1. The molecule has 9 nitrogen and oxygen atoms in total. The van der Waals surface area contributed by atoms with Crippen molar-refractivity contribution in [3.8, 4) is 23.0 Å². The highest BCUT2D eigenvalue weighted by Gasteiger charge is 2.20. The Kier molecular flexibility index (Phi) is 7.64. The fraction of sp³-hybridized carbons (Fsp3) is 0.350. The van der Waals surface area contributed by atoms with E-state index in [1.54, 1.807) is 0 Å². The first-order valence-electron chi connectivity index (χ1n) is 9.15. The summed E-state index contributed by atoms with van der Waals surface area (Å²) < 4.78 is 22.0. The lowest BCUT2D eigenvalue weighted by Crippen LogP contribution is -2.14. The first-order chi connectivity index (χ1) is 13.9. The first kappa shape index (κ1) is 21.8. The van der Waals surface area contributed by atoms with Crippen molar-refractivity contribution >= 4 is 17.3 Å². The second-order valence-corrected chi connectivity index (χ2v) is 5.70. The Bertz CT molecular complexity index is 856. The molecule has 0 aliphatic carbocycles. The number of benzene rings is 2. The third kappa shape index (κ3) is 5.28. The molecule has 0 radical (unpaired) electrons. The zero-order chi connectivity index (χ0) is 21.4. The molecular formula is C20H24N2O7. The van der Waals surface area contributed by atoms with Gasteiger partial charge in [-0.2, -0.15) is 0 Å². The maximum atomic E-state index is 12.9. The number of ether oxygens (including phenoxy) is 4. The van der Waals surface area contributed by atoms with Gasteiger partial charge in [0.15, 0.2) is 11.5 Å². The summed E-state index contributed by atoms with van der Waals surface area (Å²) in [6.07, 6.45) is 0. The topological polar surface area (TPSA) is 109 Å². The van der Waals surface area contributed by atoms with Crippen molar-refractivity contribution < 1.29 is 28.7 Å². The number of hydrogen-bond donors (Lipinski definition) is 1. The molecule has 9 heteroatoms. The highest BCUT2D eigenvalue weighted by Crippen LogP contribution is 2.39. The van der Waals surface area contributed by atoms with E-state index in [9.17, 15) is 14.9 Å². The fourth-order valence-corrected chi connectivity index (χ4v) is 2.62. The van der Waals surface area contributed by atoms with E-state index < -0.39 is 10.8 Å². The maximum Gasteiger partial charge on any atom is 0.271 e. The van der Waals surface area contributed by atoms with E-state index in [0.29, 0.717) is 42.8 Å². The fourth-order valence-electron chi connectivity index (χ4n) is 2.62. The second-order valence-electron chi connectivity index (χ2n) is 5.70. The van der Waals surface area contributed by atoms with Gasteiger partial charge in [-0.15, -0.1) is 0 Å². The number of nitro benzene ring substituents is 1. The first-order valence-corrected chi connectivity index (χ1v) is 9.15. The second kappa shape index (κ2) is 10.2. The van der Waals surface area contributed by atoms with Crippen LogP contribution in [0.5, 0.6) is 23.0 Å². The van der Waals surface area contributed by atoms with Gasteiger partial charge in [0, 0.05) is 17.7 Å². The molecular weight excluding hydrogens is 380 g/mol. The van der Waals surface area contributed by atoms with Crippen LogP contribution >= 0.6 is 0 Å². The molecule has 29 heavy (non-hydrogen) atoms. The molecule has 0 spiro atoms. The maximum absolute atomic E-state index is 12.9. The summed E-state index contributed by atoms with van der Waals surface area (Å²) in [5, 5.41) is 13.7. The lowest BCUT2D eigenvalue weighted by atomic mass is 10.1. The van der Waals surface area contributed by atoms with Gasteiger partial charge < -0.3 is 24.3 Å². The smallest absolute Gasteiger partial charge is 0.271 e. The summed E-state index contributed by atoms with van der Waals surface area (Å²) in [4.78, 5) is 23.4. The van der Waals surface area contributed by atoms with Gasteiger partial charge in [0.05, 0.1) is 37.5 Å². The molecule has 0 bridgehead atoms. The molecule has 2 rings (SSSR count). The van der Waals surface area contributed by atoms with Crippen LogP contribution in [-0.2, 0) is 0 Å². The molecule has 0 aliphatic rings. The predicted octanol–water partition coefficient (Wildman–Crippen LogP) is 4.05. The van der Waals surface area contributed by atoms with Gasteiger partial charge in [0.2, 0.25) is 5.75 Å². The zero-order valence-corrected chi connectivity index (χ0v) is 16.8. The molecule has 1 N–H and O–H groups in total. The minimum Gasteiger partial charge on any atom is -0.495 e. The van der Waals surface area contributed by atoms with E-state index in [1.165, 1.54) is 37.4 Å². The van der Waals surface area contributed by atoms with E-state index in [4.69, 9.17) is 18.9 Å². The van der Waals surface area contributed by atoms with Gasteiger partial charge in [-0.3, -0.25) is 14.9 Å². The van der Waals surface area contributed by atoms with Crippen molar-refractivity contribution in [2.45, 2.75) is 20.8 Å². The summed E-state index contributed by atoms with van der Waals surface area (Å²) in [5.74, 6) is 0.951. The summed E-state index contributed by atoms with van der Waals surface area (Å²) in [5.41, 5.74) is 0.253. The number of non-ortho nitro benzene ring substituents is 1. The Morgan fingerprint density at radius 1 is 0.966 bits per heavy atom. The molecule has 0 fully saturated rings. The van der Waals surface area contributed by atoms with E-state index in [2.05, 4.69) is 5.32 Å². The SMILES string of the molecule is CCOc1cc(C(=O)Nc2cc([N+](=O)[O-])ccc2OC)cc(OCC)c1OCC. The molecule has 156 valence electrons. The van der Waals surface area contributed by atoms with Crippen LogP contribution in [-0.4, -0.2) is 37.8 Å². The molecule has 0 atom stereocenters. The van der Waals surface area contributed by atoms with Gasteiger partial charge in [0.1, 0.15) is 5.75 Å². The van der Waals surface area contributed by atoms with Gasteiger partial charge in [0.25, 0.3) is 11.6 Å². The number of methoxy groups -OCH3 is 1. The quantitative estimate of drug-likeness (QED) is 0.470. The molecule has 2 aromatic rings. The van der Waals surface area contributed by atoms with Crippen molar-refractivity contribution in [1.82, 2.24) is 0 Å². The number of rotatable bonds is 10. The van der Waals surface area contributed by atoms with Crippen molar-refractivity contribution in [3.05, 3.63) is 46.0 Å². The van der Waals surface area contributed by atoms with Crippen LogP contribution in [0.2, 0.25) is 0 Å². The molecule has 0 aliphatic heterocycles. The van der Waals surface area contributed by atoms with Crippen molar-refractivity contribution in [2.75, 3.05) is 32.2 Å². The molecule has 0 unspecified atom stereocenters. The summed E-state index contributed by atoms with van der Waals surface area (Å²) in [6, 6.07) is 7.03. The number of hydrogen-bond acceptors (Lipinski definition) is 7. The van der Waals surface area contributed by atoms with E-state index in [0.717, 1.165) is 0 Å².